The Kier molecular flexibility index (Phi) is 12.2. The SMILES string of the molecule is C=CC(=O)OCCN(CCOC(=O)C=C)S(=O)(=O)c1ccc(N=Nc2ccc(N=Nc3ccc4c5c(cccc35)N(C)C(C)(CCC)N4C)c3ccccc23)cc1. The molecule has 1 unspecified atom stereocenters. The van der Waals surface area contributed by atoms with Crippen molar-refractivity contribution in [3.8, 4) is 0 Å². The van der Waals surface area contributed by atoms with E-state index in [0.29, 0.717) is 17.1 Å². The maximum Gasteiger partial charge on any atom is 0.330 e. The maximum atomic E-state index is 13.5. The summed E-state index contributed by atoms with van der Waals surface area (Å²) < 4.78 is 38.1. The molecule has 0 amide bonds. The number of hydrogen-bond donors (Lipinski definition) is 0. The first-order chi connectivity index (χ1) is 27.4. The van der Waals surface area contributed by atoms with Gasteiger partial charge < -0.3 is 19.3 Å². The summed E-state index contributed by atoms with van der Waals surface area (Å²) in [6, 6.07) is 27.8. The second-order valence-electron chi connectivity index (χ2n) is 13.6. The lowest BCUT2D eigenvalue weighted by molar-refractivity contribution is -0.137. The molecule has 0 fully saturated rings. The van der Waals surface area contributed by atoms with E-state index < -0.39 is 22.0 Å². The standard InChI is InChI=1S/C43H45N7O6S/c1-7-25-43(4)48(5)38-16-12-15-34-37(23-24-39(42(34)38)49(43)6)47-46-36-22-21-35(32-13-10-11-14-33(32)36)45-44-30-17-19-31(20-18-30)57(53,54)50(26-28-55-40(51)8-2)27-29-56-41(52)9-3/h8-24H,2-3,7,25-29H2,1,4-6H3. The third kappa shape index (κ3) is 8.32. The molecule has 0 bridgehead atoms. The summed E-state index contributed by atoms with van der Waals surface area (Å²) in [6.45, 7) is 10.4. The number of anilines is 2. The molecule has 57 heavy (non-hydrogen) atoms. The number of nitrogens with zero attached hydrogens (tertiary/aromatic N) is 7. The second-order valence-corrected chi connectivity index (χ2v) is 15.5. The molecule has 6 rings (SSSR count). The van der Waals surface area contributed by atoms with Gasteiger partial charge in [-0.1, -0.05) is 62.9 Å². The number of rotatable bonds is 16. The summed E-state index contributed by atoms with van der Waals surface area (Å²) in [6.07, 6.45) is 4.05. The topological polar surface area (TPSA) is 146 Å². The van der Waals surface area contributed by atoms with Gasteiger partial charge in [-0.3, -0.25) is 0 Å². The Morgan fingerprint density at radius 3 is 1.74 bits per heavy atom. The first-order valence-electron chi connectivity index (χ1n) is 18.5. The number of ether oxygens (including phenoxy) is 2. The summed E-state index contributed by atoms with van der Waals surface area (Å²) in [5.41, 5.74) is 4.64. The van der Waals surface area contributed by atoms with Gasteiger partial charge in [0.25, 0.3) is 0 Å². The minimum Gasteiger partial charge on any atom is -0.461 e. The molecule has 0 radical (unpaired) electrons. The average molecular weight is 788 g/mol. The van der Waals surface area contributed by atoms with E-state index >= 15 is 0 Å². The predicted octanol–water partition coefficient (Wildman–Crippen LogP) is 9.68. The first kappa shape index (κ1) is 40.4. The summed E-state index contributed by atoms with van der Waals surface area (Å²) in [5, 5.41) is 22.2. The van der Waals surface area contributed by atoms with Gasteiger partial charge in [0.2, 0.25) is 10.0 Å². The molecule has 0 N–H and O–H groups in total. The highest BCUT2D eigenvalue weighted by atomic mass is 32.2. The monoisotopic (exact) mass is 787 g/mol. The number of carbonyl (C=O) groups excluding carboxylic acids is 2. The number of sulfonamides is 1. The highest BCUT2D eigenvalue weighted by Crippen LogP contribution is 2.48. The third-order valence-electron chi connectivity index (χ3n) is 10.3. The van der Waals surface area contributed by atoms with Gasteiger partial charge in [-0.05, 0) is 67.9 Å². The van der Waals surface area contributed by atoms with Gasteiger partial charge in [0.1, 0.15) is 18.9 Å². The molecule has 0 spiro atoms. The Balaban J connectivity index is 1.23. The zero-order chi connectivity index (χ0) is 40.7. The second kappa shape index (κ2) is 17.3. The Bertz CT molecular complexity index is 2460. The van der Waals surface area contributed by atoms with Crippen molar-refractivity contribution in [2.75, 3.05) is 50.2 Å². The zero-order valence-electron chi connectivity index (χ0n) is 32.5. The van der Waals surface area contributed by atoms with Crippen LogP contribution in [0.25, 0.3) is 21.5 Å². The number of hydrogen-bond acceptors (Lipinski definition) is 12. The van der Waals surface area contributed by atoms with E-state index in [0.717, 1.165) is 56.5 Å². The molecule has 1 aliphatic rings. The normalized spacial score (nSPS) is 15.5. The number of esters is 2. The molecule has 13 nitrogen and oxygen atoms in total. The minimum atomic E-state index is -4.08. The van der Waals surface area contributed by atoms with Crippen molar-refractivity contribution in [3.05, 3.63) is 116 Å². The van der Waals surface area contributed by atoms with Crippen LogP contribution >= 0.6 is 0 Å². The van der Waals surface area contributed by atoms with Crippen LogP contribution in [0, 0.1) is 0 Å². The maximum absolute atomic E-state index is 13.5. The van der Waals surface area contributed by atoms with Crippen LogP contribution in [0.4, 0.5) is 34.1 Å². The van der Waals surface area contributed by atoms with E-state index in [2.05, 4.69) is 85.4 Å². The lowest BCUT2D eigenvalue weighted by atomic mass is 9.93. The van der Waals surface area contributed by atoms with E-state index in [1.54, 1.807) is 0 Å². The Hall–Kier alpha value is -6.25. The quantitative estimate of drug-likeness (QED) is 0.0546. The highest BCUT2D eigenvalue weighted by Gasteiger charge is 2.39. The fraction of sp³-hybridized carbons (Fsp3) is 0.256. The van der Waals surface area contributed by atoms with E-state index in [1.807, 2.05) is 42.5 Å². The first-order valence-corrected chi connectivity index (χ1v) is 19.9. The van der Waals surface area contributed by atoms with Crippen LogP contribution in [-0.4, -0.2) is 70.7 Å². The fourth-order valence-electron chi connectivity index (χ4n) is 7.01. The molecule has 14 heteroatoms. The van der Waals surface area contributed by atoms with E-state index in [1.165, 1.54) is 35.6 Å². The molecule has 0 aromatic heterocycles. The molecule has 0 aliphatic carbocycles. The lowest BCUT2D eigenvalue weighted by Crippen LogP contribution is -2.58. The Labute approximate surface area is 332 Å². The van der Waals surface area contributed by atoms with Crippen molar-refractivity contribution >= 4 is 77.6 Å². The van der Waals surface area contributed by atoms with Crippen LogP contribution in [0.2, 0.25) is 0 Å². The van der Waals surface area contributed by atoms with E-state index in [4.69, 9.17) is 19.7 Å². The number of benzene rings is 5. The zero-order valence-corrected chi connectivity index (χ0v) is 33.3. The lowest BCUT2D eigenvalue weighted by Gasteiger charge is -2.52. The van der Waals surface area contributed by atoms with Gasteiger partial charge in [-0.25, -0.2) is 18.0 Å². The van der Waals surface area contributed by atoms with E-state index in [9.17, 15) is 18.0 Å². The molecule has 1 heterocycles. The van der Waals surface area contributed by atoms with Gasteiger partial charge in [-0.2, -0.15) is 9.42 Å². The van der Waals surface area contributed by atoms with Crippen LogP contribution in [0.15, 0.2) is 142 Å². The molecule has 0 saturated carbocycles. The molecular weight excluding hydrogens is 743 g/mol. The Morgan fingerprint density at radius 1 is 0.702 bits per heavy atom. The third-order valence-corrected chi connectivity index (χ3v) is 12.2. The van der Waals surface area contributed by atoms with Crippen molar-refractivity contribution < 1.29 is 27.5 Å². The minimum absolute atomic E-state index is 0.0310. The van der Waals surface area contributed by atoms with E-state index in [-0.39, 0.29) is 36.9 Å². The van der Waals surface area contributed by atoms with Crippen LogP contribution in [0.1, 0.15) is 26.7 Å². The van der Waals surface area contributed by atoms with Gasteiger partial charge in [-0.15, -0.1) is 15.3 Å². The fourth-order valence-corrected chi connectivity index (χ4v) is 8.42. The van der Waals surface area contributed by atoms with Gasteiger partial charge in [0, 0.05) is 72.3 Å². The van der Waals surface area contributed by atoms with Crippen molar-refractivity contribution in [3.63, 3.8) is 0 Å². The summed E-state index contributed by atoms with van der Waals surface area (Å²) in [7, 11) is 0.233. The van der Waals surface area contributed by atoms with Crippen molar-refractivity contribution in [1.29, 1.82) is 0 Å². The summed E-state index contributed by atoms with van der Waals surface area (Å²) in [4.78, 5) is 27.7. The molecule has 0 saturated heterocycles. The van der Waals surface area contributed by atoms with Crippen molar-refractivity contribution in [1.82, 2.24) is 4.31 Å². The molecule has 294 valence electrons. The van der Waals surface area contributed by atoms with Crippen LogP contribution in [-0.2, 0) is 29.1 Å². The number of fused-ring (bicyclic) bond motifs is 1. The highest BCUT2D eigenvalue weighted by molar-refractivity contribution is 7.89. The van der Waals surface area contributed by atoms with Gasteiger partial charge >= 0.3 is 11.9 Å². The average Bonchev–Trinajstić information content (AvgIpc) is 3.23. The van der Waals surface area contributed by atoms with Gasteiger partial charge in [0.05, 0.1) is 27.6 Å². The van der Waals surface area contributed by atoms with Crippen LogP contribution in [0.5, 0.6) is 0 Å². The summed E-state index contributed by atoms with van der Waals surface area (Å²) in [5.74, 6) is -1.38. The smallest absolute Gasteiger partial charge is 0.330 e. The molecule has 1 atom stereocenters. The largest absolute Gasteiger partial charge is 0.461 e. The number of azo groups is 2. The molecular formula is C43H45N7O6S. The van der Waals surface area contributed by atoms with Gasteiger partial charge in [0.15, 0.2) is 0 Å². The van der Waals surface area contributed by atoms with Crippen LogP contribution < -0.4 is 9.80 Å². The summed E-state index contributed by atoms with van der Waals surface area (Å²) >= 11 is 0. The number of carbonyl (C=O) groups is 2. The molecule has 5 aromatic rings. The van der Waals surface area contributed by atoms with Crippen molar-refractivity contribution in [2.45, 2.75) is 37.2 Å². The Morgan fingerprint density at radius 2 is 1.19 bits per heavy atom. The molecule has 1 aliphatic heterocycles. The predicted molar refractivity (Wildman–Crippen MR) is 224 cm³/mol. The van der Waals surface area contributed by atoms with Crippen molar-refractivity contribution in [2.24, 2.45) is 20.5 Å². The van der Waals surface area contributed by atoms with Crippen LogP contribution in [0.3, 0.4) is 0 Å². The molecule has 5 aromatic carbocycles.